The maximum Gasteiger partial charge on any atom is 0.269 e. The van der Waals surface area contributed by atoms with E-state index in [4.69, 9.17) is 0 Å². The van der Waals surface area contributed by atoms with Gasteiger partial charge >= 0.3 is 0 Å². The zero-order valence-corrected chi connectivity index (χ0v) is 26.5. The topological polar surface area (TPSA) is 95.2 Å². The number of pyridine rings is 1. The number of carbonyl (C=O) groups excluding carboxylic acids is 1. The first-order valence-corrected chi connectivity index (χ1v) is 16.6. The number of nitrogens with zero attached hydrogens (tertiary/aromatic N) is 2. The Morgan fingerprint density at radius 2 is 1.67 bits per heavy atom. The van der Waals surface area contributed by atoms with Gasteiger partial charge < -0.3 is 10.3 Å². The van der Waals surface area contributed by atoms with Gasteiger partial charge in [-0.05, 0) is 74.2 Å². The van der Waals surface area contributed by atoms with E-state index in [1.54, 1.807) is 36.7 Å². The molecule has 43 heavy (non-hydrogen) atoms. The van der Waals surface area contributed by atoms with Gasteiger partial charge in [-0.2, -0.15) is 0 Å². The van der Waals surface area contributed by atoms with Gasteiger partial charge in [-0.1, -0.05) is 63.5 Å². The van der Waals surface area contributed by atoms with Crippen LogP contribution in [-0.4, -0.2) is 48.3 Å². The quantitative estimate of drug-likeness (QED) is 0.200. The van der Waals surface area contributed by atoms with Crippen molar-refractivity contribution in [3.63, 3.8) is 0 Å². The number of hydrogen-bond donors (Lipinski definition) is 2. The molecule has 5 aromatic rings. The molecule has 0 bridgehead atoms. The number of halogens is 1. The third kappa shape index (κ3) is 6.16. The lowest BCUT2D eigenvalue weighted by molar-refractivity contribution is 0.0901. The Morgan fingerprint density at radius 1 is 0.977 bits per heavy atom. The molecule has 1 amide bonds. The average molecular weight is 658 g/mol. The summed E-state index contributed by atoms with van der Waals surface area (Å²) in [6.45, 7) is 6.50. The van der Waals surface area contributed by atoms with Crippen molar-refractivity contribution in [2.24, 2.45) is 0 Å². The molecule has 0 unspecified atom stereocenters. The summed E-state index contributed by atoms with van der Waals surface area (Å²) < 4.78 is 29.9. The normalized spacial score (nSPS) is 14.7. The fourth-order valence-electron chi connectivity index (χ4n) is 6.00. The number of carbonyl (C=O) groups is 1. The van der Waals surface area contributed by atoms with Gasteiger partial charge in [0.2, 0.25) is 9.84 Å². The van der Waals surface area contributed by atoms with Crippen molar-refractivity contribution in [3.05, 3.63) is 112 Å². The van der Waals surface area contributed by atoms with Crippen LogP contribution in [0.2, 0.25) is 0 Å². The highest BCUT2D eigenvalue weighted by Crippen LogP contribution is 2.38. The Kier molecular flexibility index (Phi) is 8.22. The number of H-pyrrole nitrogens is 1. The van der Waals surface area contributed by atoms with Gasteiger partial charge in [-0.25, -0.2) is 8.42 Å². The Morgan fingerprint density at radius 3 is 2.40 bits per heavy atom. The van der Waals surface area contributed by atoms with Crippen LogP contribution in [0.15, 0.2) is 99.5 Å². The van der Waals surface area contributed by atoms with Gasteiger partial charge in [0, 0.05) is 59.0 Å². The van der Waals surface area contributed by atoms with E-state index >= 15 is 0 Å². The van der Waals surface area contributed by atoms with E-state index in [0.717, 1.165) is 53.6 Å². The molecule has 3 aromatic carbocycles. The monoisotopic (exact) mass is 656 g/mol. The van der Waals surface area contributed by atoms with E-state index in [0.29, 0.717) is 16.5 Å². The number of benzene rings is 3. The van der Waals surface area contributed by atoms with Gasteiger partial charge in [0.05, 0.1) is 4.90 Å². The second-order valence-electron chi connectivity index (χ2n) is 11.3. The van der Waals surface area contributed by atoms with Crippen molar-refractivity contribution in [2.75, 3.05) is 13.1 Å². The van der Waals surface area contributed by atoms with Crippen molar-refractivity contribution in [3.8, 4) is 11.1 Å². The highest BCUT2D eigenvalue weighted by Gasteiger charge is 2.33. The molecule has 1 saturated heterocycles. The van der Waals surface area contributed by atoms with Gasteiger partial charge in [-0.3, -0.25) is 14.7 Å². The number of nitrogens with one attached hydrogen (secondary N) is 2. The molecule has 6 rings (SSSR count). The van der Waals surface area contributed by atoms with Crippen molar-refractivity contribution in [1.29, 1.82) is 0 Å². The van der Waals surface area contributed by atoms with Crippen molar-refractivity contribution in [2.45, 2.75) is 49.1 Å². The number of aromatic amines is 1. The third-order valence-electron chi connectivity index (χ3n) is 8.00. The fraction of sp³-hybridized carbons (Fsp3) is 0.235. The summed E-state index contributed by atoms with van der Waals surface area (Å²) in [5, 5.41) is 3.61. The predicted molar refractivity (Wildman–Crippen MR) is 173 cm³/mol. The van der Waals surface area contributed by atoms with E-state index in [1.807, 2.05) is 56.3 Å². The van der Waals surface area contributed by atoms with Crippen LogP contribution in [0.3, 0.4) is 0 Å². The van der Waals surface area contributed by atoms with Crippen molar-refractivity contribution in [1.82, 2.24) is 20.2 Å². The van der Waals surface area contributed by atoms with E-state index < -0.39 is 15.7 Å². The summed E-state index contributed by atoms with van der Waals surface area (Å²) in [6.07, 6.45) is 5.15. The summed E-state index contributed by atoms with van der Waals surface area (Å²) in [5.41, 5.74) is 5.37. The molecule has 0 atom stereocenters. The SMILES string of the molecule is Cc1cc(C)cc(-c2ccccc2S(=O)(=O)c2c(C(=O)NC3CCN(Cc4ccncc4)CC3)[nH]c3ccc(Br)cc23)c1. The summed E-state index contributed by atoms with van der Waals surface area (Å²) in [6, 6.07) is 22.4. The highest BCUT2D eigenvalue weighted by molar-refractivity contribution is 9.10. The van der Waals surface area contributed by atoms with Crippen LogP contribution in [0.4, 0.5) is 0 Å². The summed E-state index contributed by atoms with van der Waals surface area (Å²) in [7, 11) is -4.13. The minimum Gasteiger partial charge on any atom is -0.349 e. The number of fused-ring (bicyclic) bond motifs is 1. The molecular weight excluding hydrogens is 624 g/mol. The highest BCUT2D eigenvalue weighted by atomic mass is 79.9. The Balaban J connectivity index is 1.33. The Bertz CT molecular complexity index is 1890. The lowest BCUT2D eigenvalue weighted by atomic mass is 10.0. The summed E-state index contributed by atoms with van der Waals surface area (Å²) in [4.78, 5) is 23.6. The number of amides is 1. The fourth-order valence-corrected chi connectivity index (χ4v) is 8.18. The van der Waals surface area contributed by atoms with E-state index in [-0.39, 0.29) is 21.5 Å². The number of piperidine rings is 1. The van der Waals surface area contributed by atoms with E-state index in [9.17, 15) is 13.2 Å². The van der Waals surface area contributed by atoms with Crippen LogP contribution in [-0.2, 0) is 16.4 Å². The van der Waals surface area contributed by atoms with Gasteiger partial charge in [-0.15, -0.1) is 0 Å². The lowest BCUT2D eigenvalue weighted by Gasteiger charge is -2.32. The number of likely N-dealkylation sites (tertiary alicyclic amines) is 1. The number of aryl methyl sites for hydroxylation is 2. The molecule has 0 aliphatic carbocycles. The number of rotatable bonds is 7. The van der Waals surface area contributed by atoms with Gasteiger partial charge in [0.25, 0.3) is 5.91 Å². The maximum absolute atomic E-state index is 14.6. The van der Waals surface area contributed by atoms with Gasteiger partial charge in [0.1, 0.15) is 10.6 Å². The van der Waals surface area contributed by atoms with Crippen LogP contribution in [0.25, 0.3) is 22.0 Å². The smallest absolute Gasteiger partial charge is 0.269 e. The molecule has 0 radical (unpaired) electrons. The largest absolute Gasteiger partial charge is 0.349 e. The molecule has 1 aliphatic rings. The molecule has 1 fully saturated rings. The Labute approximate surface area is 260 Å². The molecule has 1 aliphatic heterocycles. The Hall–Kier alpha value is -3.79. The first kappa shape index (κ1) is 29.3. The first-order valence-electron chi connectivity index (χ1n) is 14.3. The molecule has 2 aromatic heterocycles. The minimum atomic E-state index is -4.13. The number of aromatic nitrogens is 2. The molecule has 0 saturated carbocycles. The standard InChI is InChI=1S/C34H33BrN4O3S/c1-22-17-23(2)19-25(18-22)28-5-3-4-6-31(28)43(41,42)33-29-20-26(35)7-8-30(29)38-32(33)34(40)37-27-11-15-39(16-12-27)21-24-9-13-36-14-10-24/h3-10,13-14,17-20,27,38H,11-12,15-16,21H2,1-2H3,(H,37,40). The molecule has 7 nitrogen and oxygen atoms in total. The second kappa shape index (κ2) is 12.1. The van der Waals surface area contributed by atoms with Gasteiger partial charge in [0.15, 0.2) is 0 Å². The van der Waals surface area contributed by atoms with Crippen LogP contribution in [0.1, 0.15) is 40.0 Å². The second-order valence-corrected chi connectivity index (χ2v) is 14.0. The van der Waals surface area contributed by atoms with Crippen molar-refractivity contribution < 1.29 is 13.2 Å². The molecule has 0 spiro atoms. The van der Waals surface area contributed by atoms with Crippen LogP contribution >= 0.6 is 15.9 Å². The summed E-state index contributed by atoms with van der Waals surface area (Å²) in [5.74, 6) is -0.414. The zero-order chi connectivity index (χ0) is 30.1. The van der Waals surface area contributed by atoms with Crippen LogP contribution in [0, 0.1) is 13.8 Å². The van der Waals surface area contributed by atoms with E-state index in [1.165, 1.54) is 5.56 Å². The average Bonchev–Trinajstić information content (AvgIpc) is 3.38. The first-order chi connectivity index (χ1) is 20.7. The molecule has 9 heteroatoms. The molecule has 3 heterocycles. The maximum atomic E-state index is 14.6. The number of hydrogen-bond acceptors (Lipinski definition) is 5. The van der Waals surface area contributed by atoms with Crippen LogP contribution < -0.4 is 5.32 Å². The zero-order valence-electron chi connectivity index (χ0n) is 24.1. The van der Waals surface area contributed by atoms with Crippen molar-refractivity contribution >= 4 is 42.6 Å². The molecule has 220 valence electrons. The minimum absolute atomic E-state index is 0.00625. The molecular formula is C34H33BrN4O3S. The van der Waals surface area contributed by atoms with Crippen LogP contribution in [0.5, 0.6) is 0 Å². The predicted octanol–water partition coefficient (Wildman–Crippen LogP) is 6.84. The number of sulfone groups is 1. The molecule has 2 N–H and O–H groups in total. The summed E-state index contributed by atoms with van der Waals surface area (Å²) >= 11 is 3.49. The lowest BCUT2D eigenvalue weighted by Crippen LogP contribution is -2.44. The van der Waals surface area contributed by atoms with E-state index in [2.05, 4.69) is 42.2 Å². The third-order valence-corrected chi connectivity index (χ3v) is 10.4.